The molecule has 4 aliphatic rings. The average molecular weight is 523 g/mol. The van der Waals surface area contributed by atoms with Gasteiger partial charge in [0.15, 0.2) is 0 Å². The maximum absolute atomic E-state index is 13.8. The summed E-state index contributed by atoms with van der Waals surface area (Å²) in [6, 6.07) is 13.6. The smallest absolute Gasteiger partial charge is 0.414 e. The van der Waals surface area contributed by atoms with Crippen LogP contribution in [0.5, 0.6) is 0 Å². The van der Waals surface area contributed by atoms with Crippen molar-refractivity contribution in [3.8, 4) is 0 Å². The van der Waals surface area contributed by atoms with Crippen LogP contribution in [0.4, 0.5) is 10.5 Å². The second kappa shape index (κ2) is 9.67. The highest BCUT2D eigenvalue weighted by Crippen LogP contribution is 2.53. The van der Waals surface area contributed by atoms with Crippen molar-refractivity contribution in [1.82, 2.24) is 4.90 Å². The summed E-state index contributed by atoms with van der Waals surface area (Å²) in [5.41, 5.74) is 4.05. The number of aliphatic carboxylic acids is 1. The first-order valence-corrected chi connectivity index (χ1v) is 13.7. The number of carboxylic acids is 1. The van der Waals surface area contributed by atoms with Crippen LogP contribution >= 0.6 is 11.6 Å². The topological polar surface area (TPSA) is 87.2 Å². The van der Waals surface area contributed by atoms with Gasteiger partial charge in [0.25, 0.3) is 0 Å². The molecule has 0 saturated heterocycles. The van der Waals surface area contributed by atoms with E-state index in [0.29, 0.717) is 23.6 Å². The number of carbonyl (C=O) groups excluding carboxylic acids is 2. The van der Waals surface area contributed by atoms with Crippen LogP contribution in [0.2, 0.25) is 5.02 Å². The fourth-order valence-corrected chi connectivity index (χ4v) is 6.88. The van der Waals surface area contributed by atoms with Crippen LogP contribution < -0.4 is 4.90 Å². The van der Waals surface area contributed by atoms with E-state index >= 15 is 0 Å². The van der Waals surface area contributed by atoms with Gasteiger partial charge in [0.1, 0.15) is 6.10 Å². The Hall–Kier alpha value is -3.06. The lowest BCUT2D eigenvalue weighted by molar-refractivity contribution is -0.142. The Morgan fingerprint density at radius 3 is 2.41 bits per heavy atom. The predicted octanol–water partition coefficient (Wildman–Crippen LogP) is 5.53. The zero-order chi connectivity index (χ0) is 25.7. The molecule has 0 radical (unpaired) electrons. The number of hydrogen-bond acceptors (Lipinski definition) is 4. The van der Waals surface area contributed by atoms with Gasteiger partial charge >= 0.3 is 12.1 Å². The number of nitrogens with zero attached hydrogens (tertiary/aromatic N) is 2. The second-order valence-corrected chi connectivity index (χ2v) is 11.2. The van der Waals surface area contributed by atoms with Crippen LogP contribution in [0.3, 0.4) is 0 Å². The number of benzene rings is 2. The number of fused-ring (bicyclic) bond motifs is 3. The Kier molecular flexibility index (Phi) is 6.35. The molecule has 1 aliphatic heterocycles. The molecule has 3 unspecified atom stereocenters. The molecule has 0 aromatic heterocycles. The minimum atomic E-state index is -0.971. The van der Waals surface area contributed by atoms with Crippen LogP contribution in [0.1, 0.15) is 67.7 Å². The van der Waals surface area contributed by atoms with Gasteiger partial charge in [0.05, 0.1) is 18.2 Å². The van der Waals surface area contributed by atoms with Crippen molar-refractivity contribution in [3.63, 3.8) is 0 Å². The molecule has 0 spiro atoms. The normalized spacial score (nSPS) is 24.2. The van der Waals surface area contributed by atoms with Gasteiger partial charge in [-0.1, -0.05) is 48.4 Å². The second-order valence-electron chi connectivity index (χ2n) is 10.8. The van der Waals surface area contributed by atoms with E-state index < -0.39 is 5.97 Å². The summed E-state index contributed by atoms with van der Waals surface area (Å²) in [6.45, 7) is 0. The summed E-state index contributed by atoms with van der Waals surface area (Å²) in [5, 5.41) is 9.70. The summed E-state index contributed by atoms with van der Waals surface area (Å²) in [6.07, 6.45) is 5.18. The number of halogens is 1. The lowest BCUT2D eigenvalue weighted by atomic mass is 9.81. The third kappa shape index (κ3) is 4.58. The van der Waals surface area contributed by atoms with E-state index in [1.54, 1.807) is 4.90 Å². The van der Waals surface area contributed by atoms with E-state index in [0.717, 1.165) is 37.7 Å². The van der Waals surface area contributed by atoms with E-state index in [-0.39, 0.29) is 55.0 Å². The summed E-state index contributed by atoms with van der Waals surface area (Å²) in [4.78, 5) is 42.1. The third-order valence-electron chi connectivity index (χ3n) is 8.40. The zero-order valence-electron chi connectivity index (χ0n) is 20.6. The maximum Gasteiger partial charge on any atom is 0.414 e. The molecule has 2 fully saturated rings. The van der Waals surface area contributed by atoms with Crippen molar-refractivity contribution in [1.29, 1.82) is 0 Å². The summed E-state index contributed by atoms with van der Waals surface area (Å²) in [7, 11) is 0. The molecule has 2 aromatic carbocycles. The van der Waals surface area contributed by atoms with Crippen molar-refractivity contribution in [2.75, 3.05) is 4.90 Å². The van der Waals surface area contributed by atoms with Crippen molar-refractivity contribution >= 4 is 35.3 Å². The molecular weight excluding hydrogens is 492 g/mol. The molecule has 2 saturated carbocycles. The van der Waals surface area contributed by atoms with E-state index in [2.05, 4.69) is 12.1 Å². The van der Waals surface area contributed by atoms with Crippen molar-refractivity contribution < 1.29 is 24.2 Å². The average Bonchev–Trinajstić information content (AvgIpc) is 3.43. The number of rotatable bonds is 6. The SMILES string of the molecule is O=C(O)CCC(=O)N(C1CC1)C1c2ccc(Cl)cc2N(C(=O)OC2Cc3ccccc3C2)C2CCCC21. The summed E-state index contributed by atoms with van der Waals surface area (Å²) in [5.74, 6) is -1.03. The molecule has 0 bridgehead atoms. The van der Waals surface area contributed by atoms with Gasteiger partial charge in [0, 0.05) is 42.3 Å². The van der Waals surface area contributed by atoms with Gasteiger partial charge in [-0.15, -0.1) is 0 Å². The number of carboxylic acid groups (broad SMARTS) is 1. The molecule has 8 heteroatoms. The quantitative estimate of drug-likeness (QED) is 0.539. The number of carbonyl (C=O) groups is 3. The van der Waals surface area contributed by atoms with E-state index in [9.17, 15) is 19.5 Å². The molecule has 6 rings (SSSR count). The molecule has 3 atom stereocenters. The standard InChI is InChI=1S/C29H31ClN2O5/c30-19-8-11-23-25(16-19)32(29(36)37-21-14-17-4-1-2-5-18(17)15-21)24-7-3-6-22(24)28(23)31(20-9-10-20)26(33)12-13-27(34)35/h1-2,4-5,8,11,16,20-22,24,28H,3,6-7,9-10,12-15H2,(H,34,35). The van der Waals surface area contributed by atoms with Gasteiger partial charge in [-0.2, -0.15) is 0 Å². The monoisotopic (exact) mass is 522 g/mol. The largest absolute Gasteiger partial charge is 0.481 e. The number of anilines is 1. The minimum absolute atomic E-state index is 0.0172. The maximum atomic E-state index is 13.8. The molecule has 1 N–H and O–H groups in total. The van der Waals surface area contributed by atoms with Crippen LogP contribution in [0.15, 0.2) is 42.5 Å². The van der Waals surface area contributed by atoms with E-state index in [4.69, 9.17) is 16.3 Å². The van der Waals surface area contributed by atoms with Gasteiger partial charge in [0.2, 0.25) is 5.91 Å². The Morgan fingerprint density at radius 2 is 1.73 bits per heavy atom. The van der Waals surface area contributed by atoms with E-state index in [1.165, 1.54) is 11.1 Å². The molecule has 194 valence electrons. The van der Waals surface area contributed by atoms with Crippen LogP contribution in [-0.2, 0) is 27.2 Å². The van der Waals surface area contributed by atoms with Gasteiger partial charge < -0.3 is 14.7 Å². The van der Waals surface area contributed by atoms with Crippen molar-refractivity contribution in [3.05, 3.63) is 64.2 Å². The molecule has 2 amide bonds. The Bertz CT molecular complexity index is 1220. The number of ether oxygens (including phenoxy) is 1. The Morgan fingerprint density at radius 1 is 1.00 bits per heavy atom. The first-order valence-electron chi connectivity index (χ1n) is 13.3. The Balaban J connectivity index is 1.32. The first kappa shape index (κ1) is 24.3. The van der Waals surface area contributed by atoms with E-state index in [1.807, 2.05) is 35.2 Å². The van der Waals surface area contributed by atoms with Crippen LogP contribution in [0, 0.1) is 5.92 Å². The Labute approximate surface area is 221 Å². The van der Waals surface area contributed by atoms with Gasteiger partial charge in [-0.3, -0.25) is 14.5 Å². The van der Waals surface area contributed by atoms with Crippen LogP contribution in [0.25, 0.3) is 0 Å². The number of hydrogen-bond donors (Lipinski definition) is 1. The van der Waals surface area contributed by atoms with Crippen LogP contribution in [-0.4, -0.2) is 46.2 Å². The summed E-state index contributed by atoms with van der Waals surface area (Å²) < 4.78 is 6.10. The molecule has 2 aromatic rings. The fraction of sp³-hybridized carbons (Fsp3) is 0.483. The van der Waals surface area contributed by atoms with Gasteiger partial charge in [-0.25, -0.2) is 4.79 Å². The molecule has 37 heavy (non-hydrogen) atoms. The molecule has 3 aliphatic carbocycles. The first-order chi connectivity index (χ1) is 17.9. The zero-order valence-corrected chi connectivity index (χ0v) is 21.4. The van der Waals surface area contributed by atoms with Gasteiger partial charge in [-0.05, 0) is 54.5 Å². The van der Waals surface area contributed by atoms with Crippen molar-refractivity contribution in [2.45, 2.75) is 82.0 Å². The highest BCUT2D eigenvalue weighted by molar-refractivity contribution is 6.31. The fourth-order valence-electron chi connectivity index (χ4n) is 6.72. The van der Waals surface area contributed by atoms with Crippen molar-refractivity contribution in [2.24, 2.45) is 5.92 Å². The molecular formula is C29H31ClN2O5. The highest BCUT2D eigenvalue weighted by atomic mass is 35.5. The highest BCUT2D eigenvalue weighted by Gasteiger charge is 2.52. The number of amides is 2. The molecule has 7 nitrogen and oxygen atoms in total. The lowest BCUT2D eigenvalue weighted by Crippen LogP contribution is -2.53. The lowest BCUT2D eigenvalue weighted by Gasteiger charge is -2.47. The molecule has 1 heterocycles. The third-order valence-corrected chi connectivity index (χ3v) is 8.63. The summed E-state index contributed by atoms with van der Waals surface area (Å²) >= 11 is 6.45. The minimum Gasteiger partial charge on any atom is -0.481 e. The predicted molar refractivity (Wildman–Crippen MR) is 139 cm³/mol.